The number of halogens is 2. The molecule has 0 saturated carbocycles. The largest absolute Gasteiger partial charge is 0.444 e. The second-order valence-corrected chi connectivity index (χ2v) is 5.52. The lowest BCUT2D eigenvalue weighted by atomic mass is 9.96. The Labute approximate surface area is 100 Å². The molecule has 0 aliphatic carbocycles. The summed E-state index contributed by atoms with van der Waals surface area (Å²) >= 11 is 0. The summed E-state index contributed by atoms with van der Waals surface area (Å²) in [5, 5.41) is 0. The topological polar surface area (TPSA) is 55.6 Å². The number of nitrogens with two attached hydrogens (primary N) is 1. The first-order valence-corrected chi connectivity index (χ1v) is 5.69. The highest BCUT2D eigenvalue weighted by Gasteiger charge is 2.42. The minimum atomic E-state index is -2.88. The van der Waals surface area contributed by atoms with Crippen LogP contribution in [0.1, 0.15) is 27.2 Å². The van der Waals surface area contributed by atoms with E-state index in [1.807, 2.05) is 0 Å². The Morgan fingerprint density at radius 2 is 2.12 bits per heavy atom. The smallest absolute Gasteiger partial charge is 0.410 e. The number of carbonyl (C=O) groups excluding carboxylic acids is 1. The van der Waals surface area contributed by atoms with Gasteiger partial charge in [-0.05, 0) is 33.2 Å². The third-order valence-corrected chi connectivity index (χ3v) is 2.47. The van der Waals surface area contributed by atoms with E-state index in [9.17, 15) is 13.6 Å². The summed E-state index contributed by atoms with van der Waals surface area (Å²) in [5.41, 5.74) is 4.72. The molecule has 0 aromatic rings. The number of rotatable bonds is 1. The number of amides is 1. The summed E-state index contributed by atoms with van der Waals surface area (Å²) in [7, 11) is 0. The third-order valence-electron chi connectivity index (χ3n) is 2.47. The van der Waals surface area contributed by atoms with Crippen LogP contribution >= 0.6 is 0 Å². The van der Waals surface area contributed by atoms with Gasteiger partial charge in [0, 0.05) is 13.0 Å². The van der Waals surface area contributed by atoms with Crippen LogP contribution in [-0.2, 0) is 4.74 Å². The average Bonchev–Trinajstić information content (AvgIpc) is 2.12. The van der Waals surface area contributed by atoms with Crippen molar-refractivity contribution in [3.63, 3.8) is 0 Å². The molecule has 100 valence electrons. The van der Waals surface area contributed by atoms with Gasteiger partial charge in [0.2, 0.25) is 0 Å². The van der Waals surface area contributed by atoms with Crippen molar-refractivity contribution in [2.24, 2.45) is 11.7 Å². The number of hydrogen-bond donors (Lipinski definition) is 1. The van der Waals surface area contributed by atoms with E-state index in [1.165, 1.54) is 0 Å². The van der Waals surface area contributed by atoms with E-state index in [1.54, 1.807) is 20.8 Å². The SMILES string of the molecule is CC(C)(C)OC(=O)N1C[C@H](CN)CC(F)(F)C1. The van der Waals surface area contributed by atoms with Gasteiger partial charge in [-0.1, -0.05) is 0 Å². The fraction of sp³-hybridized carbons (Fsp3) is 0.909. The van der Waals surface area contributed by atoms with Gasteiger partial charge in [-0.15, -0.1) is 0 Å². The Morgan fingerprint density at radius 3 is 2.59 bits per heavy atom. The summed E-state index contributed by atoms with van der Waals surface area (Å²) in [6.07, 6.45) is -0.960. The van der Waals surface area contributed by atoms with Crippen LogP contribution in [-0.4, -0.2) is 42.2 Å². The zero-order valence-electron chi connectivity index (χ0n) is 10.5. The molecule has 1 saturated heterocycles. The molecule has 0 radical (unpaired) electrons. The van der Waals surface area contributed by atoms with Crippen molar-refractivity contribution in [1.82, 2.24) is 4.90 Å². The van der Waals surface area contributed by atoms with Crippen molar-refractivity contribution in [1.29, 1.82) is 0 Å². The molecule has 1 heterocycles. The highest BCUT2D eigenvalue weighted by molar-refractivity contribution is 5.68. The number of carbonyl (C=O) groups is 1. The van der Waals surface area contributed by atoms with Crippen LogP contribution in [0.5, 0.6) is 0 Å². The summed E-state index contributed by atoms with van der Waals surface area (Å²) in [4.78, 5) is 12.7. The first kappa shape index (κ1) is 14.2. The maximum Gasteiger partial charge on any atom is 0.410 e. The van der Waals surface area contributed by atoms with Crippen LogP contribution in [0, 0.1) is 5.92 Å². The second-order valence-electron chi connectivity index (χ2n) is 5.52. The van der Waals surface area contributed by atoms with Crippen LogP contribution < -0.4 is 5.73 Å². The highest BCUT2D eigenvalue weighted by Crippen LogP contribution is 2.30. The van der Waals surface area contributed by atoms with Crippen molar-refractivity contribution >= 4 is 6.09 Å². The van der Waals surface area contributed by atoms with E-state index >= 15 is 0 Å². The summed E-state index contributed by atoms with van der Waals surface area (Å²) in [6.45, 7) is 4.91. The number of likely N-dealkylation sites (tertiary alicyclic amines) is 1. The summed E-state index contributed by atoms with van der Waals surface area (Å²) < 4.78 is 31.8. The molecule has 0 unspecified atom stereocenters. The van der Waals surface area contributed by atoms with Gasteiger partial charge in [0.25, 0.3) is 5.92 Å². The molecule has 0 aromatic carbocycles. The Bertz CT molecular complexity index is 290. The molecule has 17 heavy (non-hydrogen) atoms. The van der Waals surface area contributed by atoms with Crippen molar-refractivity contribution in [2.45, 2.75) is 38.7 Å². The first-order chi connectivity index (χ1) is 7.63. The molecular formula is C11H20F2N2O2. The fourth-order valence-electron chi connectivity index (χ4n) is 1.83. The zero-order chi connectivity index (χ0) is 13.3. The Hall–Kier alpha value is -0.910. The van der Waals surface area contributed by atoms with Gasteiger partial charge in [0.1, 0.15) is 5.60 Å². The maximum absolute atomic E-state index is 13.4. The number of ether oxygens (including phenoxy) is 1. The van der Waals surface area contributed by atoms with Gasteiger partial charge in [-0.3, -0.25) is 0 Å². The molecule has 2 N–H and O–H groups in total. The number of alkyl halides is 2. The first-order valence-electron chi connectivity index (χ1n) is 5.69. The predicted octanol–water partition coefficient (Wildman–Crippen LogP) is 1.84. The Morgan fingerprint density at radius 1 is 1.53 bits per heavy atom. The number of hydrogen-bond acceptors (Lipinski definition) is 3. The molecule has 6 heteroatoms. The maximum atomic E-state index is 13.4. The lowest BCUT2D eigenvalue weighted by molar-refractivity contribution is -0.0851. The second kappa shape index (κ2) is 4.76. The van der Waals surface area contributed by atoms with Crippen LogP contribution in [0.25, 0.3) is 0 Å². The molecule has 0 bridgehead atoms. The molecule has 0 spiro atoms. The summed E-state index contributed by atoms with van der Waals surface area (Å²) in [6, 6.07) is 0. The molecule has 1 atom stereocenters. The van der Waals surface area contributed by atoms with Gasteiger partial charge in [-0.2, -0.15) is 0 Å². The fourth-order valence-corrected chi connectivity index (χ4v) is 1.83. The van der Waals surface area contributed by atoms with Crippen molar-refractivity contribution < 1.29 is 18.3 Å². The van der Waals surface area contributed by atoms with E-state index in [2.05, 4.69) is 0 Å². The zero-order valence-corrected chi connectivity index (χ0v) is 10.5. The minimum absolute atomic E-state index is 0.148. The van der Waals surface area contributed by atoms with Crippen LogP contribution in [0.4, 0.5) is 13.6 Å². The normalized spacial score (nSPS) is 24.6. The van der Waals surface area contributed by atoms with Crippen molar-refractivity contribution in [3.05, 3.63) is 0 Å². The Balaban J connectivity index is 2.67. The Kier molecular flexibility index (Phi) is 3.96. The van der Waals surface area contributed by atoms with Gasteiger partial charge < -0.3 is 15.4 Å². The summed E-state index contributed by atoms with van der Waals surface area (Å²) in [5.74, 6) is -3.24. The standard InChI is InChI=1S/C11H20F2N2O2/c1-10(2,3)17-9(16)15-6-8(5-14)4-11(12,13)7-15/h8H,4-7,14H2,1-3H3/t8-/m0/s1. The lowest BCUT2D eigenvalue weighted by Crippen LogP contribution is -2.52. The molecule has 0 aromatic heterocycles. The van der Waals surface area contributed by atoms with E-state index in [0.717, 1.165) is 4.90 Å². The van der Waals surface area contributed by atoms with Crippen LogP contribution in [0.15, 0.2) is 0 Å². The van der Waals surface area contributed by atoms with E-state index in [4.69, 9.17) is 10.5 Å². The molecule has 1 rings (SSSR count). The molecule has 1 fully saturated rings. The van der Waals surface area contributed by atoms with Gasteiger partial charge in [0.15, 0.2) is 0 Å². The molecule has 1 aliphatic rings. The van der Waals surface area contributed by atoms with Crippen LogP contribution in [0.3, 0.4) is 0 Å². The monoisotopic (exact) mass is 250 g/mol. The van der Waals surface area contributed by atoms with Gasteiger partial charge in [0.05, 0.1) is 6.54 Å². The van der Waals surface area contributed by atoms with Crippen molar-refractivity contribution in [2.75, 3.05) is 19.6 Å². The lowest BCUT2D eigenvalue weighted by Gasteiger charge is -2.37. The quantitative estimate of drug-likeness (QED) is 0.772. The van der Waals surface area contributed by atoms with Gasteiger partial charge in [-0.25, -0.2) is 13.6 Å². The van der Waals surface area contributed by atoms with E-state index in [0.29, 0.717) is 0 Å². The molecule has 1 aliphatic heterocycles. The van der Waals surface area contributed by atoms with Crippen molar-refractivity contribution in [3.8, 4) is 0 Å². The average molecular weight is 250 g/mol. The third kappa shape index (κ3) is 4.46. The molecule has 1 amide bonds. The minimum Gasteiger partial charge on any atom is -0.444 e. The van der Waals surface area contributed by atoms with Crippen LogP contribution in [0.2, 0.25) is 0 Å². The number of nitrogens with zero attached hydrogens (tertiary/aromatic N) is 1. The highest BCUT2D eigenvalue weighted by atomic mass is 19.3. The predicted molar refractivity (Wildman–Crippen MR) is 59.9 cm³/mol. The van der Waals surface area contributed by atoms with E-state index in [-0.39, 0.29) is 25.4 Å². The van der Waals surface area contributed by atoms with E-state index < -0.39 is 24.2 Å². The van der Waals surface area contributed by atoms with Gasteiger partial charge >= 0.3 is 6.09 Å². The number of piperidine rings is 1. The molecular weight excluding hydrogens is 230 g/mol. The molecule has 4 nitrogen and oxygen atoms in total.